The van der Waals surface area contributed by atoms with Gasteiger partial charge in [-0.25, -0.2) is 0 Å². The van der Waals surface area contributed by atoms with Gasteiger partial charge in [0.2, 0.25) is 5.91 Å². The molecule has 1 saturated heterocycles. The number of halogens is 1. The van der Waals surface area contributed by atoms with Crippen molar-refractivity contribution in [2.24, 2.45) is 17.1 Å². The molecule has 150 valence electrons. The summed E-state index contributed by atoms with van der Waals surface area (Å²) < 4.78 is 0. The third-order valence-corrected chi connectivity index (χ3v) is 6.23. The molecule has 3 rings (SSSR count). The molecule has 1 aliphatic heterocycles. The molecule has 0 unspecified atom stereocenters. The van der Waals surface area contributed by atoms with Gasteiger partial charge in [-0.1, -0.05) is 19.8 Å². The van der Waals surface area contributed by atoms with Crippen molar-refractivity contribution in [2.75, 3.05) is 25.0 Å². The second kappa shape index (κ2) is 9.07. The highest BCUT2D eigenvalue weighted by atomic mass is 35.5. The Morgan fingerprint density at radius 2 is 1.85 bits per heavy atom. The Kier molecular flexibility index (Phi) is 7.29. The van der Waals surface area contributed by atoms with Gasteiger partial charge >= 0.3 is 0 Å². The molecule has 1 heterocycles. The van der Waals surface area contributed by atoms with E-state index in [2.05, 4.69) is 12.2 Å². The smallest absolute Gasteiger partial charge is 0.253 e. The molecule has 1 aliphatic carbocycles. The molecule has 2 aliphatic rings. The number of nitrogens with two attached hydrogens (primary N) is 1. The summed E-state index contributed by atoms with van der Waals surface area (Å²) in [6.45, 7) is 6.23. The fourth-order valence-corrected chi connectivity index (χ4v) is 4.16. The number of hydrogen-bond donors (Lipinski definition) is 2. The molecular formula is C21H32ClN3O2. The van der Waals surface area contributed by atoms with Gasteiger partial charge < -0.3 is 16.0 Å². The highest BCUT2D eigenvalue weighted by Gasteiger charge is 2.39. The van der Waals surface area contributed by atoms with Crippen molar-refractivity contribution in [1.29, 1.82) is 0 Å². The predicted molar refractivity (Wildman–Crippen MR) is 111 cm³/mol. The summed E-state index contributed by atoms with van der Waals surface area (Å²) in [5, 5.41) is 3.05. The Balaban J connectivity index is 0.00000261. The first-order chi connectivity index (χ1) is 12.4. The minimum Gasteiger partial charge on any atom is -0.339 e. The highest BCUT2D eigenvalue weighted by molar-refractivity contribution is 5.98. The zero-order chi connectivity index (χ0) is 18.7. The summed E-state index contributed by atoms with van der Waals surface area (Å²) in [5.74, 6) is 0.806. The first-order valence-corrected chi connectivity index (χ1v) is 9.87. The van der Waals surface area contributed by atoms with Crippen molar-refractivity contribution in [3.8, 4) is 0 Å². The van der Waals surface area contributed by atoms with Crippen molar-refractivity contribution < 1.29 is 9.59 Å². The van der Waals surface area contributed by atoms with Crippen molar-refractivity contribution in [1.82, 2.24) is 4.90 Å². The number of hydrogen-bond acceptors (Lipinski definition) is 3. The molecule has 1 saturated carbocycles. The second-order valence-electron chi connectivity index (χ2n) is 8.15. The molecule has 1 aromatic carbocycles. The number of carbonyl (C=O) groups excluding carboxylic acids is 2. The number of piperidine rings is 1. The number of benzene rings is 1. The Bertz CT molecular complexity index is 678. The maximum Gasteiger partial charge on any atom is 0.253 e. The normalized spacial score (nSPS) is 19.4. The van der Waals surface area contributed by atoms with E-state index < -0.39 is 5.41 Å². The predicted octanol–water partition coefficient (Wildman–Crippen LogP) is 3.75. The lowest BCUT2D eigenvalue weighted by Gasteiger charge is -2.30. The third-order valence-electron chi connectivity index (χ3n) is 6.23. The lowest BCUT2D eigenvalue weighted by molar-refractivity contribution is -0.124. The Morgan fingerprint density at radius 1 is 1.22 bits per heavy atom. The van der Waals surface area contributed by atoms with Gasteiger partial charge in [-0.05, 0) is 62.3 Å². The number of likely N-dealkylation sites (tertiary alicyclic amines) is 1. The highest BCUT2D eigenvalue weighted by Crippen LogP contribution is 2.38. The minimum absolute atomic E-state index is 0. The molecule has 0 spiro atoms. The van der Waals surface area contributed by atoms with Crippen molar-refractivity contribution >= 4 is 29.9 Å². The van der Waals surface area contributed by atoms with Gasteiger partial charge in [0, 0.05) is 30.9 Å². The summed E-state index contributed by atoms with van der Waals surface area (Å²) in [4.78, 5) is 27.4. The van der Waals surface area contributed by atoms with Crippen LogP contribution in [0.4, 0.5) is 5.69 Å². The van der Waals surface area contributed by atoms with Crippen LogP contribution in [0.5, 0.6) is 0 Å². The summed E-state index contributed by atoms with van der Waals surface area (Å²) in [5.41, 5.74) is 7.87. The van der Waals surface area contributed by atoms with Crippen LogP contribution in [0.15, 0.2) is 18.2 Å². The van der Waals surface area contributed by atoms with Gasteiger partial charge in [-0.15, -0.1) is 12.4 Å². The van der Waals surface area contributed by atoms with E-state index in [4.69, 9.17) is 5.73 Å². The Morgan fingerprint density at radius 3 is 2.41 bits per heavy atom. The third kappa shape index (κ3) is 4.64. The molecule has 0 bridgehead atoms. The fourth-order valence-electron chi connectivity index (χ4n) is 4.16. The molecule has 2 amide bonds. The maximum absolute atomic E-state index is 12.8. The molecule has 3 N–H and O–H groups in total. The monoisotopic (exact) mass is 393 g/mol. The Hall–Kier alpha value is -1.59. The topological polar surface area (TPSA) is 75.4 Å². The fraction of sp³-hybridized carbons (Fsp3) is 0.619. The van der Waals surface area contributed by atoms with Crippen molar-refractivity contribution in [3.63, 3.8) is 0 Å². The van der Waals surface area contributed by atoms with Crippen LogP contribution in [-0.4, -0.2) is 36.3 Å². The van der Waals surface area contributed by atoms with E-state index in [0.717, 1.165) is 62.9 Å². The van der Waals surface area contributed by atoms with Crippen molar-refractivity contribution in [2.45, 2.75) is 52.4 Å². The van der Waals surface area contributed by atoms with E-state index in [1.54, 1.807) is 0 Å². The summed E-state index contributed by atoms with van der Waals surface area (Å²) >= 11 is 0. The molecule has 5 nitrogen and oxygen atoms in total. The molecule has 0 atom stereocenters. The number of anilines is 1. The van der Waals surface area contributed by atoms with Crippen molar-refractivity contribution in [3.05, 3.63) is 29.3 Å². The maximum atomic E-state index is 12.8. The van der Waals surface area contributed by atoms with Crippen LogP contribution in [-0.2, 0) is 4.79 Å². The summed E-state index contributed by atoms with van der Waals surface area (Å²) in [7, 11) is 0. The number of aryl methyl sites for hydroxylation is 1. The largest absolute Gasteiger partial charge is 0.339 e. The molecule has 2 fully saturated rings. The van der Waals surface area contributed by atoms with Gasteiger partial charge in [-0.3, -0.25) is 9.59 Å². The zero-order valence-electron chi connectivity index (χ0n) is 16.4. The van der Waals surface area contributed by atoms with Gasteiger partial charge in [0.1, 0.15) is 0 Å². The second-order valence-corrected chi connectivity index (χ2v) is 8.15. The lowest BCUT2D eigenvalue weighted by atomic mass is 9.85. The molecule has 0 aromatic heterocycles. The Labute approximate surface area is 168 Å². The number of amides is 2. The average molecular weight is 394 g/mol. The number of nitrogens with one attached hydrogen (secondary N) is 1. The van der Waals surface area contributed by atoms with E-state index in [0.29, 0.717) is 18.0 Å². The molecule has 0 radical (unpaired) electrons. The van der Waals surface area contributed by atoms with Crippen LogP contribution in [0.1, 0.15) is 61.4 Å². The van der Waals surface area contributed by atoms with E-state index in [1.165, 1.54) is 0 Å². The number of nitrogens with zero attached hydrogens (tertiary/aromatic N) is 1. The SMILES string of the molecule is Cc1cc(C(=O)N2CCC(C)CC2)ccc1NC(=O)C1(CN)CCCC1.Cl. The van der Waals surface area contributed by atoms with Crippen LogP contribution in [0, 0.1) is 18.3 Å². The lowest BCUT2D eigenvalue weighted by Crippen LogP contribution is -2.40. The standard InChI is InChI=1S/C21H31N3O2.ClH/c1-15-7-11-24(12-8-15)19(25)17-5-6-18(16(2)13-17)23-20(26)21(14-22)9-3-4-10-21;/h5-6,13,15H,3-4,7-12,14,22H2,1-2H3,(H,23,26);1H. The van der Waals surface area contributed by atoms with Gasteiger partial charge in [0.05, 0.1) is 5.41 Å². The van der Waals surface area contributed by atoms with Gasteiger partial charge in [0.25, 0.3) is 5.91 Å². The average Bonchev–Trinajstić information content (AvgIpc) is 3.14. The first-order valence-electron chi connectivity index (χ1n) is 9.87. The van der Waals surface area contributed by atoms with Gasteiger partial charge in [0.15, 0.2) is 0 Å². The molecule has 27 heavy (non-hydrogen) atoms. The molecule has 6 heteroatoms. The quantitative estimate of drug-likeness (QED) is 0.817. The molecular weight excluding hydrogens is 362 g/mol. The van der Waals surface area contributed by atoms with Crippen LogP contribution >= 0.6 is 12.4 Å². The number of carbonyl (C=O) groups is 2. The van der Waals surface area contributed by atoms with Crippen LogP contribution in [0.3, 0.4) is 0 Å². The van der Waals surface area contributed by atoms with Gasteiger partial charge in [-0.2, -0.15) is 0 Å². The zero-order valence-corrected chi connectivity index (χ0v) is 17.2. The van der Waals surface area contributed by atoms with E-state index in [-0.39, 0.29) is 24.2 Å². The van der Waals surface area contributed by atoms with Crippen LogP contribution < -0.4 is 11.1 Å². The van der Waals surface area contributed by atoms with E-state index >= 15 is 0 Å². The van der Waals surface area contributed by atoms with Crippen LogP contribution in [0.25, 0.3) is 0 Å². The van der Waals surface area contributed by atoms with Crippen LogP contribution in [0.2, 0.25) is 0 Å². The minimum atomic E-state index is -0.425. The van der Waals surface area contributed by atoms with E-state index in [9.17, 15) is 9.59 Å². The summed E-state index contributed by atoms with van der Waals surface area (Å²) in [6.07, 6.45) is 5.98. The first kappa shape index (κ1) is 21.7. The molecule has 1 aromatic rings. The van der Waals surface area contributed by atoms with E-state index in [1.807, 2.05) is 30.0 Å². The summed E-state index contributed by atoms with van der Waals surface area (Å²) in [6, 6.07) is 5.57. The number of rotatable bonds is 4.